The Labute approximate surface area is 164 Å². The molecule has 6 heteroatoms. The number of H-pyrrole nitrogens is 1. The molecule has 3 saturated heterocycles. The van der Waals surface area contributed by atoms with Crippen molar-refractivity contribution in [3.63, 3.8) is 0 Å². The van der Waals surface area contributed by atoms with Crippen molar-refractivity contribution in [3.05, 3.63) is 59.7 Å². The van der Waals surface area contributed by atoms with Crippen molar-refractivity contribution in [1.29, 1.82) is 0 Å². The molecule has 1 amide bonds. The molecule has 0 radical (unpaired) electrons. The molecule has 2 atom stereocenters. The van der Waals surface area contributed by atoms with Gasteiger partial charge in [0.05, 0.1) is 16.7 Å². The van der Waals surface area contributed by atoms with E-state index in [4.69, 9.17) is 0 Å². The Balaban J connectivity index is 1.35. The molecule has 2 aromatic heterocycles. The zero-order valence-electron chi connectivity index (χ0n) is 16.1. The number of fused-ring (bicyclic) bond motifs is 5. The third-order valence-corrected chi connectivity index (χ3v) is 6.05. The minimum atomic E-state index is 0.130. The SMILES string of the molecule is Cc1nc2ccc(C(=O)N3C[C@@H]4CC[C@H](C3)N(Cc3ccccn3)C4)cc2[nH]1. The molecule has 3 fully saturated rings. The summed E-state index contributed by atoms with van der Waals surface area (Å²) in [6.07, 6.45) is 4.21. The number of nitrogens with zero attached hydrogens (tertiary/aromatic N) is 4. The molecular weight excluding hydrogens is 350 g/mol. The zero-order valence-corrected chi connectivity index (χ0v) is 16.1. The third-order valence-electron chi connectivity index (χ3n) is 6.05. The van der Waals surface area contributed by atoms with Gasteiger partial charge in [-0.05, 0) is 56.0 Å². The number of carbonyl (C=O) groups excluding carboxylic acids is 1. The van der Waals surface area contributed by atoms with Gasteiger partial charge in [0.2, 0.25) is 0 Å². The van der Waals surface area contributed by atoms with E-state index in [1.165, 1.54) is 6.42 Å². The third kappa shape index (κ3) is 3.29. The highest BCUT2D eigenvalue weighted by Crippen LogP contribution is 2.30. The molecule has 1 aromatic carbocycles. The Kier molecular flexibility index (Phi) is 4.36. The van der Waals surface area contributed by atoms with Crippen LogP contribution in [-0.2, 0) is 6.54 Å². The molecule has 6 nitrogen and oxygen atoms in total. The van der Waals surface area contributed by atoms with E-state index in [2.05, 4.69) is 30.8 Å². The minimum Gasteiger partial charge on any atom is -0.342 e. The number of carbonyl (C=O) groups is 1. The van der Waals surface area contributed by atoms with E-state index in [-0.39, 0.29) is 5.91 Å². The first kappa shape index (κ1) is 17.4. The van der Waals surface area contributed by atoms with Crippen LogP contribution in [0.15, 0.2) is 42.6 Å². The summed E-state index contributed by atoms with van der Waals surface area (Å²) in [6, 6.07) is 12.3. The highest BCUT2D eigenvalue weighted by Gasteiger charge is 2.36. The van der Waals surface area contributed by atoms with Crippen molar-refractivity contribution in [3.8, 4) is 0 Å². The van der Waals surface area contributed by atoms with Crippen LogP contribution in [-0.4, -0.2) is 56.3 Å². The Morgan fingerprint density at radius 3 is 2.96 bits per heavy atom. The van der Waals surface area contributed by atoms with Gasteiger partial charge >= 0.3 is 0 Å². The zero-order chi connectivity index (χ0) is 19.1. The number of benzene rings is 1. The van der Waals surface area contributed by atoms with Crippen LogP contribution in [0.1, 0.15) is 34.7 Å². The summed E-state index contributed by atoms with van der Waals surface area (Å²) in [4.78, 5) is 30.0. The van der Waals surface area contributed by atoms with Gasteiger partial charge in [0.25, 0.3) is 5.91 Å². The average molecular weight is 375 g/mol. The van der Waals surface area contributed by atoms with Crippen LogP contribution in [0.5, 0.6) is 0 Å². The van der Waals surface area contributed by atoms with Crippen molar-refractivity contribution < 1.29 is 4.79 Å². The smallest absolute Gasteiger partial charge is 0.253 e. The summed E-state index contributed by atoms with van der Waals surface area (Å²) in [6.45, 7) is 5.48. The second-order valence-electron chi connectivity index (χ2n) is 8.11. The number of hydrogen-bond acceptors (Lipinski definition) is 4. The summed E-state index contributed by atoms with van der Waals surface area (Å²) >= 11 is 0. The quantitative estimate of drug-likeness (QED) is 0.764. The highest BCUT2D eigenvalue weighted by molar-refractivity contribution is 5.97. The molecule has 3 aliphatic heterocycles. The maximum Gasteiger partial charge on any atom is 0.253 e. The number of piperidine rings is 1. The number of nitrogens with one attached hydrogen (secondary N) is 1. The molecule has 3 aliphatic rings. The van der Waals surface area contributed by atoms with Gasteiger partial charge in [-0.3, -0.25) is 14.7 Å². The lowest BCUT2D eigenvalue weighted by Gasteiger charge is -2.35. The Hall–Kier alpha value is -2.73. The molecule has 2 bridgehead atoms. The van der Waals surface area contributed by atoms with Crippen molar-refractivity contribution in [2.75, 3.05) is 19.6 Å². The predicted molar refractivity (Wildman–Crippen MR) is 108 cm³/mol. The van der Waals surface area contributed by atoms with Crippen LogP contribution in [0.25, 0.3) is 11.0 Å². The lowest BCUT2D eigenvalue weighted by atomic mass is 9.95. The summed E-state index contributed by atoms with van der Waals surface area (Å²) in [5.41, 5.74) is 3.69. The van der Waals surface area contributed by atoms with Gasteiger partial charge < -0.3 is 9.88 Å². The van der Waals surface area contributed by atoms with Crippen molar-refractivity contribution in [2.24, 2.45) is 5.92 Å². The number of amides is 1. The molecule has 0 spiro atoms. The molecule has 0 saturated carbocycles. The van der Waals surface area contributed by atoms with Gasteiger partial charge in [0.15, 0.2) is 0 Å². The largest absolute Gasteiger partial charge is 0.342 e. The van der Waals surface area contributed by atoms with Crippen LogP contribution in [0.4, 0.5) is 0 Å². The fraction of sp³-hybridized carbons (Fsp3) is 0.409. The maximum absolute atomic E-state index is 13.2. The molecule has 1 N–H and O–H groups in total. The van der Waals surface area contributed by atoms with Crippen LogP contribution >= 0.6 is 0 Å². The molecular formula is C22H25N5O. The maximum atomic E-state index is 13.2. The summed E-state index contributed by atoms with van der Waals surface area (Å²) in [5.74, 6) is 1.54. The number of hydrogen-bond donors (Lipinski definition) is 1. The first-order valence-corrected chi connectivity index (χ1v) is 10.1. The standard InChI is InChI=1S/C22H25N5O/c1-15-24-20-8-6-17(10-21(20)25-15)22(28)27-12-16-5-7-19(14-27)26(11-16)13-18-4-2-3-9-23-18/h2-4,6,8-10,16,19H,5,7,11-14H2,1H3,(H,24,25)/t16-,19-/m1/s1. The lowest BCUT2D eigenvalue weighted by molar-refractivity contribution is 0.0735. The predicted octanol–water partition coefficient (Wildman–Crippen LogP) is 3.00. The molecule has 5 heterocycles. The van der Waals surface area contributed by atoms with E-state index < -0.39 is 0 Å². The van der Waals surface area contributed by atoms with Crippen LogP contribution < -0.4 is 0 Å². The van der Waals surface area contributed by atoms with Crippen LogP contribution in [0, 0.1) is 12.8 Å². The number of rotatable bonds is 3. The van der Waals surface area contributed by atoms with E-state index >= 15 is 0 Å². The van der Waals surface area contributed by atoms with Gasteiger partial charge in [0.1, 0.15) is 5.82 Å². The molecule has 144 valence electrons. The van der Waals surface area contributed by atoms with Crippen molar-refractivity contribution >= 4 is 16.9 Å². The van der Waals surface area contributed by atoms with Gasteiger partial charge in [-0.25, -0.2) is 4.98 Å². The molecule has 6 rings (SSSR count). The fourth-order valence-electron chi connectivity index (χ4n) is 4.69. The number of aromatic nitrogens is 3. The van der Waals surface area contributed by atoms with Crippen molar-refractivity contribution in [1.82, 2.24) is 24.8 Å². The first-order chi connectivity index (χ1) is 13.7. The second-order valence-corrected chi connectivity index (χ2v) is 8.11. The Bertz CT molecular complexity index is 999. The van der Waals surface area contributed by atoms with E-state index in [1.54, 1.807) is 0 Å². The van der Waals surface area contributed by atoms with E-state index in [0.717, 1.165) is 60.7 Å². The number of aromatic amines is 1. The van der Waals surface area contributed by atoms with Gasteiger partial charge in [-0.1, -0.05) is 6.07 Å². The van der Waals surface area contributed by atoms with Gasteiger partial charge in [-0.15, -0.1) is 0 Å². The summed E-state index contributed by atoms with van der Waals surface area (Å²) in [5, 5.41) is 0. The summed E-state index contributed by atoms with van der Waals surface area (Å²) in [7, 11) is 0. The molecule has 0 aliphatic carbocycles. The topological polar surface area (TPSA) is 65.1 Å². The van der Waals surface area contributed by atoms with Crippen LogP contribution in [0.2, 0.25) is 0 Å². The number of imidazole rings is 1. The van der Waals surface area contributed by atoms with E-state index in [1.807, 2.05) is 43.5 Å². The summed E-state index contributed by atoms with van der Waals surface area (Å²) < 4.78 is 0. The average Bonchev–Trinajstić information content (AvgIpc) is 2.86. The number of pyridine rings is 1. The van der Waals surface area contributed by atoms with Gasteiger partial charge in [-0.2, -0.15) is 0 Å². The van der Waals surface area contributed by atoms with E-state index in [0.29, 0.717) is 12.0 Å². The lowest BCUT2D eigenvalue weighted by Crippen LogP contribution is -2.44. The molecule has 28 heavy (non-hydrogen) atoms. The monoisotopic (exact) mass is 375 g/mol. The molecule has 3 aromatic rings. The molecule has 0 unspecified atom stereocenters. The van der Waals surface area contributed by atoms with Crippen LogP contribution in [0.3, 0.4) is 0 Å². The Morgan fingerprint density at radius 2 is 2.11 bits per heavy atom. The van der Waals surface area contributed by atoms with Crippen molar-refractivity contribution in [2.45, 2.75) is 32.4 Å². The van der Waals surface area contributed by atoms with E-state index in [9.17, 15) is 4.79 Å². The normalized spacial score (nSPS) is 22.5. The second kappa shape index (κ2) is 7.02. The highest BCUT2D eigenvalue weighted by atomic mass is 16.2. The Morgan fingerprint density at radius 1 is 1.18 bits per heavy atom. The number of aryl methyl sites for hydroxylation is 1. The fourth-order valence-corrected chi connectivity index (χ4v) is 4.69. The first-order valence-electron chi connectivity index (χ1n) is 10.1. The minimum absolute atomic E-state index is 0.130. The van der Waals surface area contributed by atoms with Gasteiger partial charge in [0, 0.05) is 44.0 Å².